The first kappa shape index (κ1) is 19.4. The number of aromatic nitrogens is 2. The molecule has 0 N–H and O–H groups in total. The second kappa shape index (κ2) is 9.01. The summed E-state index contributed by atoms with van der Waals surface area (Å²) in [5, 5.41) is 0. The highest BCUT2D eigenvalue weighted by atomic mass is 32.1. The van der Waals surface area contributed by atoms with Gasteiger partial charge >= 0.3 is 0 Å². The van der Waals surface area contributed by atoms with Crippen molar-refractivity contribution in [1.29, 1.82) is 0 Å². The van der Waals surface area contributed by atoms with Crippen LogP contribution in [0.3, 0.4) is 0 Å². The van der Waals surface area contributed by atoms with E-state index in [1.54, 1.807) is 11.3 Å². The lowest BCUT2D eigenvalue weighted by atomic mass is 10.1. The Morgan fingerprint density at radius 3 is 2.08 bits per heavy atom. The molecule has 0 aliphatic carbocycles. The molecule has 0 spiro atoms. The molecule has 3 heterocycles. The van der Waals surface area contributed by atoms with E-state index in [4.69, 9.17) is 0 Å². The molecule has 2 nitrogen and oxygen atoms in total. The Bertz CT molecular complexity index is 1030. The fourth-order valence-corrected chi connectivity index (χ4v) is 5.53. The van der Waals surface area contributed by atoms with E-state index < -0.39 is 0 Å². The molecular weight excluding hydrogens is 395 g/mol. The van der Waals surface area contributed by atoms with Crippen LogP contribution in [0.25, 0.3) is 38.0 Å². The van der Waals surface area contributed by atoms with E-state index in [1.165, 1.54) is 42.4 Å². The Morgan fingerprint density at radius 2 is 1.50 bits per heavy atom. The minimum atomic E-state index is 0.990. The van der Waals surface area contributed by atoms with E-state index in [1.807, 2.05) is 32.1 Å². The molecule has 134 valence electrons. The van der Waals surface area contributed by atoms with Crippen LogP contribution in [-0.2, 0) is 6.16 Å². The second-order valence-corrected chi connectivity index (χ2v) is 8.51. The zero-order valence-corrected chi connectivity index (χ0v) is 18.6. The number of hydrogen-bond donors (Lipinski definition) is 0. The van der Waals surface area contributed by atoms with Crippen LogP contribution in [0.1, 0.15) is 30.5 Å². The number of thiophene rings is 2. The number of hydrogen-bond acceptors (Lipinski definition) is 5. The average Bonchev–Trinajstić information content (AvgIpc) is 3.43. The fourth-order valence-electron chi connectivity index (χ4n) is 2.65. The predicted octanol–water partition coefficient (Wildman–Crippen LogP) is 7.58. The lowest BCUT2D eigenvalue weighted by Crippen LogP contribution is -1.81. The molecule has 0 aliphatic rings. The van der Waals surface area contributed by atoms with E-state index in [0.717, 1.165) is 17.2 Å². The summed E-state index contributed by atoms with van der Waals surface area (Å²) in [4.78, 5) is 5.13. The Kier molecular flexibility index (Phi) is 6.71. The van der Waals surface area contributed by atoms with Gasteiger partial charge in [0.05, 0.1) is 11.7 Å². The molecule has 0 radical (unpaired) electrons. The van der Waals surface area contributed by atoms with Crippen molar-refractivity contribution in [1.82, 2.24) is 8.75 Å². The van der Waals surface area contributed by atoms with Crippen molar-refractivity contribution in [2.45, 2.75) is 26.9 Å². The van der Waals surface area contributed by atoms with Crippen molar-refractivity contribution in [3.8, 4) is 20.9 Å². The summed E-state index contributed by atoms with van der Waals surface area (Å²) in [6, 6.07) is 13.1. The largest absolute Gasteiger partial charge is 0.172 e. The van der Waals surface area contributed by atoms with E-state index in [9.17, 15) is 0 Å². The predicted molar refractivity (Wildman–Crippen MR) is 124 cm³/mol. The van der Waals surface area contributed by atoms with Gasteiger partial charge in [-0.05, 0) is 43.4 Å². The third-order valence-electron chi connectivity index (χ3n) is 3.77. The van der Waals surface area contributed by atoms with Crippen LogP contribution >= 0.6 is 43.6 Å². The molecule has 26 heavy (non-hydrogen) atoms. The van der Waals surface area contributed by atoms with Crippen LogP contribution in [0, 0.1) is 0 Å². The van der Waals surface area contributed by atoms with Crippen LogP contribution in [-0.4, -0.2) is 8.75 Å². The van der Waals surface area contributed by atoms with Gasteiger partial charge in [-0.2, -0.15) is 8.75 Å². The molecule has 1 unspecified atom stereocenters. The molecule has 3 aromatic heterocycles. The molecule has 0 aliphatic heterocycles. The van der Waals surface area contributed by atoms with Crippen LogP contribution in [0.15, 0.2) is 42.5 Å². The van der Waals surface area contributed by atoms with Crippen LogP contribution < -0.4 is 0 Å². The monoisotopic (exact) mass is 416 g/mol. The third kappa shape index (κ3) is 3.81. The van der Waals surface area contributed by atoms with Crippen LogP contribution in [0.4, 0.5) is 0 Å². The van der Waals surface area contributed by atoms with Crippen LogP contribution in [0.5, 0.6) is 0 Å². The lowest BCUT2D eigenvalue weighted by Gasteiger charge is -2.03. The smallest absolute Gasteiger partial charge is 0.114 e. The molecule has 0 amide bonds. The highest BCUT2D eigenvalue weighted by Crippen LogP contribution is 2.39. The summed E-state index contributed by atoms with van der Waals surface area (Å²) >= 11 is 4.91. The Labute approximate surface area is 169 Å². The van der Waals surface area contributed by atoms with Crippen molar-refractivity contribution in [2.24, 2.45) is 0 Å². The van der Waals surface area contributed by atoms with Gasteiger partial charge in [0.25, 0.3) is 0 Å². The molecule has 1 aromatic carbocycles. The molecule has 0 saturated heterocycles. The Morgan fingerprint density at radius 1 is 0.885 bits per heavy atom. The number of fused-ring (bicyclic) bond motifs is 1. The number of nitrogens with zero attached hydrogens (tertiary/aromatic N) is 2. The highest BCUT2D eigenvalue weighted by molar-refractivity contribution is 7.20. The molecule has 1 atom stereocenters. The van der Waals surface area contributed by atoms with Gasteiger partial charge in [-0.3, -0.25) is 0 Å². The van der Waals surface area contributed by atoms with Crippen molar-refractivity contribution in [2.75, 3.05) is 0 Å². The minimum Gasteiger partial charge on any atom is -0.172 e. The summed E-state index contributed by atoms with van der Waals surface area (Å²) in [7, 11) is 2.78. The van der Waals surface area contributed by atoms with Gasteiger partial charge in [0.15, 0.2) is 0 Å². The van der Waals surface area contributed by atoms with Crippen molar-refractivity contribution in [3.63, 3.8) is 0 Å². The molecular formula is C20H21N2PS3. The van der Waals surface area contributed by atoms with Crippen molar-refractivity contribution in [3.05, 3.63) is 52.2 Å². The third-order valence-corrected chi connectivity index (χ3v) is 7.26. The molecule has 0 bridgehead atoms. The van der Waals surface area contributed by atoms with Gasteiger partial charge < -0.3 is 0 Å². The Balaban J connectivity index is 0.000000948. The summed E-state index contributed by atoms with van der Waals surface area (Å²) in [5.41, 5.74) is 4.37. The van der Waals surface area contributed by atoms with Gasteiger partial charge in [-0.25, -0.2) is 0 Å². The fraction of sp³-hybridized carbons (Fsp3) is 0.200. The molecule has 4 rings (SSSR count). The SMILES string of the molecule is C/C=C/c1ccc(-c2ccc(-c3ccc(CP)s3)c3nsnc23)s1.CC. The first-order valence-electron chi connectivity index (χ1n) is 8.57. The first-order valence-corrected chi connectivity index (χ1v) is 11.8. The maximum absolute atomic E-state index is 4.58. The first-order chi connectivity index (χ1) is 12.8. The summed E-state index contributed by atoms with van der Waals surface area (Å²) in [6.07, 6.45) is 5.19. The summed E-state index contributed by atoms with van der Waals surface area (Å²) in [5.74, 6) is 0. The molecule has 0 saturated carbocycles. The minimum absolute atomic E-state index is 0.990. The van der Waals surface area contributed by atoms with E-state index in [-0.39, 0.29) is 0 Å². The quantitative estimate of drug-likeness (QED) is 0.320. The maximum Gasteiger partial charge on any atom is 0.114 e. The van der Waals surface area contributed by atoms with E-state index in [0.29, 0.717) is 0 Å². The second-order valence-electron chi connectivity index (χ2n) is 5.29. The van der Waals surface area contributed by atoms with Gasteiger partial charge in [-0.15, -0.1) is 31.9 Å². The topological polar surface area (TPSA) is 25.8 Å². The van der Waals surface area contributed by atoms with E-state index in [2.05, 4.69) is 66.5 Å². The Hall–Kier alpha value is -1.39. The summed E-state index contributed by atoms with van der Waals surface area (Å²) < 4.78 is 9.17. The molecule has 0 fully saturated rings. The van der Waals surface area contributed by atoms with Gasteiger partial charge in [0.1, 0.15) is 11.0 Å². The highest BCUT2D eigenvalue weighted by Gasteiger charge is 2.15. The van der Waals surface area contributed by atoms with Gasteiger partial charge in [0.2, 0.25) is 0 Å². The average molecular weight is 417 g/mol. The number of rotatable bonds is 4. The number of allylic oxidation sites excluding steroid dienone is 1. The van der Waals surface area contributed by atoms with Gasteiger partial charge in [0, 0.05) is 30.6 Å². The van der Waals surface area contributed by atoms with Crippen molar-refractivity contribution < 1.29 is 0 Å². The summed E-state index contributed by atoms with van der Waals surface area (Å²) in [6.45, 7) is 6.04. The van der Waals surface area contributed by atoms with Gasteiger partial charge in [-0.1, -0.05) is 32.1 Å². The number of benzene rings is 1. The van der Waals surface area contributed by atoms with Crippen molar-refractivity contribution >= 4 is 60.8 Å². The molecule has 6 heteroatoms. The lowest BCUT2D eigenvalue weighted by molar-refractivity contribution is 1.50. The standard InChI is InChI=1S/C18H15N2PS3.C2H6/c1-2-3-11-4-8-15(22-11)13-6-7-14(18-17(13)19-24-20-18)16-9-5-12(10-21)23-16;1-2/h2-9H,10,21H2,1H3;1-2H3/b3-2+;. The van der Waals surface area contributed by atoms with Crippen LogP contribution in [0.2, 0.25) is 0 Å². The normalized spacial score (nSPS) is 11.1. The molecule has 4 aromatic rings. The maximum atomic E-state index is 4.58. The zero-order chi connectivity index (χ0) is 18.5. The van der Waals surface area contributed by atoms with E-state index >= 15 is 0 Å². The zero-order valence-electron chi connectivity index (χ0n) is 15.0.